The fourth-order valence-electron chi connectivity index (χ4n) is 1.22. The van der Waals surface area contributed by atoms with E-state index in [0.717, 1.165) is 11.3 Å². The Morgan fingerprint density at radius 1 is 1.53 bits per heavy atom. The van der Waals surface area contributed by atoms with Crippen LogP contribution in [0.15, 0.2) is 0 Å². The maximum atomic E-state index is 6.06. The van der Waals surface area contributed by atoms with Crippen molar-refractivity contribution in [1.82, 2.24) is 15.3 Å². The Morgan fingerprint density at radius 2 is 2.20 bits per heavy atom. The molecule has 1 heterocycles. The van der Waals surface area contributed by atoms with Crippen molar-refractivity contribution in [2.45, 2.75) is 27.3 Å². The summed E-state index contributed by atoms with van der Waals surface area (Å²) < 4.78 is 1.66. The summed E-state index contributed by atoms with van der Waals surface area (Å²) in [5.41, 5.74) is 4.81. The number of hydrogen-bond acceptors (Lipinski definition) is 3. The third-order valence-corrected chi connectivity index (χ3v) is 2.51. The number of nitrogens with one attached hydrogen (secondary N) is 1. The topological polar surface area (TPSA) is 39.1 Å². The van der Waals surface area contributed by atoms with Crippen molar-refractivity contribution >= 4 is 11.6 Å². The molecule has 0 radical (unpaired) electrons. The lowest BCUT2D eigenvalue weighted by molar-refractivity contribution is 0.0195. The van der Waals surface area contributed by atoms with E-state index in [9.17, 15) is 0 Å². The highest BCUT2D eigenvalue weighted by atomic mass is 35.5. The van der Waals surface area contributed by atoms with Crippen LogP contribution in [0, 0.1) is 12.8 Å². The first-order valence-corrected chi connectivity index (χ1v) is 5.42. The van der Waals surface area contributed by atoms with Gasteiger partial charge in [-0.2, -0.15) is 10.6 Å². The molecule has 0 aliphatic rings. The third kappa shape index (κ3) is 3.48. The molecule has 4 nitrogen and oxygen atoms in total. The van der Waals surface area contributed by atoms with Crippen LogP contribution in [0.2, 0.25) is 5.15 Å². The van der Waals surface area contributed by atoms with E-state index in [0.29, 0.717) is 24.2 Å². The van der Waals surface area contributed by atoms with E-state index in [1.807, 2.05) is 14.0 Å². The van der Waals surface area contributed by atoms with Crippen LogP contribution in [0.5, 0.6) is 0 Å². The van der Waals surface area contributed by atoms with Gasteiger partial charge in [0.2, 0.25) is 0 Å². The van der Waals surface area contributed by atoms with E-state index in [-0.39, 0.29) is 0 Å². The summed E-state index contributed by atoms with van der Waals surface area (Å²) >= 11 is 6.06. The lowest BCUT2D eigenvalue weighted by Gasteiger charge is -2.07. The quantitative estimate of drug-likeness (QED) is 0.623. The van der Waals surface area contributed by atoms with Gasteiger partial charge in [-0.15, -0.1) is 0 Å². The molecule has 0 amide bonds. The van der Waals surface area contributed by atoms with Crippen LogP contribution in [0.25, 0.3) is 0 Å². The van der Waals surface area contributed by atoms with Gasteiger partial charge in [-0.05, 0) is 12.8 Å². The first-order chi connectivity index (χ1) is 7.02. The third-order valence-electron chi connectivity index (χ3n) is 2.04. The number of halogens is 1. The van der Waals surface area contributed by atoms with Gasteiger partial charge >= 0.3 is 0 Å². The summed E-state index contributed by atoms with van der Waals surface area (Å²) in [6.45, 7) is 7.42. The molecule has 0 atom stereocenters. The van der Waals surface area contributed by atoms with Crippen molar-refractivity contribution in [3.8, 4) is 0 Å². The Bertz CT molecular complexity index is 323. The first-order valence-electron chi connectivity index (χ1n) is 5.05. The summed E-state index contributed by atoms with van der Waals surface area (Å²) in [4.78, 5) is 5.27. The van der Waals surface area contributed by atoms with Gasteiger partial charge in [0.15, 0.2) is 0 Å². The fraction of sp³-hybridized carbons (Fsp3) is 0.700. The minimum absolute atomic E-state index is 0.517. The van der Waals surface area contributed by atoms with Crippen molar-refractivity contribution < 1.29 is 4.84 Å². The number of aromatic nitrogens is 2. The van der Waals surface area contributed by atoms with Gasteiger partial charge in [-0.25, -0.2) is 0 Å². The number of aryl methyl sites for hydroxylation is 2. The van der Waals surface area contributed by atoms with Crippen LogP contribution in [0.1, 0.15) is 25.1 Å². The van der Waals surface area contributed by atoms with Gasteiger partial charge in [-0.1, -0.05) is 25.4 Å². The molecule has 86 valence electrons. The number of nitrogens with zero attached hydrogens (tertiary/aromatic N) is 2. The lowest BCUT2D eigenvalue weighted by atomic mass is 10.2. The van der Waals surface area contributed by atoms with E-state index < -0.39 is 0 Å². The molecule has 0 aliphatic heterocycles. The van der Waals surface area contributed by atoms with E-state index in [1.165, 1.54) is 0 Å². The average Bonchev–Trinajstić information content (AvgIpc) is 2.37. The Hall–Kier alpha value is -0.580. The predicted octanol–water partition coefficient (Wildman–Crippen LogP) is 2.06. The van der Waals surface area contributed by atoms with Gasteiger partial charge in [-0.3, -0.25) is 4.68 Å². The Kier molecular flexibility index (Phi) is 4.57. The van der Waals surface area contributed by atoms with Crippen LogP contribution in [-0.4, -0.2) is 16.4 Å². The lowest BCUT2D eigenvalue weighted by Crippen LogP contribution is -2.17. The van der Waals surface area contributed by atoms with E-state index >= 15 is 0 Å². The second kappa shape index (κ2) is 5.49. The molecular weight excluding hydrogens is 214 g/mol. The summed E-state index contributed by atoms with van der Waals surface area (Å²) in [7, 11) is 1.83. The highest BCUT2D eigenvalue weighted by molar-refractivity contribution is 6.30. The highest BCUT2D eigenvalue weighted by Crippen LogP contribution is 2.17. The number of rotatable bonds is 5. The van der Waals surface area contributed by atoms with Gasteiger partial charge in [0.05, 0.1) is 18.8 Å². The van der Waals surface area contributed by atoms with Crippen LogP contribution in [0.4, 0.5) is 0 Å². The molecule has 1 N–H and O–H groups in total. The molecule has 0 saturated heterocycles. The minimum atomic E-state index is 0.517. The summed E-state index contributed by atoms with van der Waals surface area (Å²) in [5, 5.41) is 4.87. The highest BCUT2D eigenvalue weighted by Gasteiger charge is 2.10. The minimum Gasteiger partial charge on any atom is -0.301 e. The van der Waals surface area contributed by atoms with E-state index in [4.69, 9.17) is 16.4 Å². The fourth-order valence-corrected chi connectivity index (χ4v) is 1.46. The molecule has 0 unspecified atom stereocenters. The molecule has 15 heavy (non-hydrogen) atoms. The van der Waals surface area contributed by atoms with Gasteiger partial charge in [0.1, 0.15) is 5.15 Å². The van der Waals surface area contributed by atoms with Crippen LogP contribution < -0.4 is 5.48 Å². The largest absolute Gasteiger partial charge is 0.301 e. The maximum absolute atomic E-state index is 6.06. The SMILES string of the molecule is Cc1nn(C)c(Cl)c1CNOCC(C)C. The average molecular weight is 232 g/mol. The Balaban J connectivity index is 2.44. The summed E-state index contributed by atoms with van der Waals surface area (Å²) in [6.07, 6.45) is 0. The second-order valence-electron chi connectivity index (χ2n) is 4.00. The van der Waals surface area contributed by atoms with Crippen LogP contribution in [-0.2, 0) is 18.4 Å². The van der Waals surface area contributed by atoms with Crippen LogP contribution >= 0.6 is 11.6 Å². The molecule has 1 aromatic heterocycles. The molecular formula is C10H18ClN3O. The smallest absolute Gasteiger partial charge is 0.131 e. The van der Waals surface area contributed by atoms with Crippen molar-refractivity contribution in [3.63, 3.8) is 0 Å². The zero-order valence-corrected chi connectivity index (χ0v) is 10.4. The zero-order chi connectivity index (χ0) is 11.4. The van der Waals surface area contributed by atoms with Gasteiger partial charge in [0.25, 0.3) is 0 Å². The number of hydroxylamine groups is 1. The summed E-state index contributed by atoms with van der Waals surface area (Å²) in [6, 6.07) is 0. The summed E-state index contributed by atoms with van der Waals surface area (Å²) in [5.74, 6) is 0.517. The van der Waals surface area contributed by atoms with Crippen molar-refractivity contribution in [2.75, 3.05) is 6.61 Å². The molecule has 5 heteroatoms. The van der Waals surface area contributed by atoms with Crippen molar-refractivity contribution in [2.24, 2.45) is 13.0 Å². The first kappa shape index (κ1) is 12.5. The number of hydrogen-bond donors (Lipinski definition) is 1. The Labute approximate surface area is 95.5 Å². The maximum Gasteiger partial charge on any atom is 0.131 e. The van der Waals surface area contributed by atoms with Crippen LogP contribution in [0.3, 0.4) is 0 Å². The van der Waals surface area contributed by atoms with E-state index in [2.05, 4.69) is 24.4 Å². The molecule has 0 aromatic carbocycles. The Morgan fingerprint density at radius 3 is 2.67 bits per heavy atom. The normalized spacial score (nSPS) is 11.3. The second-order valence-corrected chi connectivity index (χ2v) is 4.36. The molecule has 0 bridgehead atoms. The van der Waals surface area contributed by atoms with Gasteiger partial charge in [0, 0.05) is 12.6 Å². The monoisotopic (exact) mass is 231 g/mol. The van der Waals surface area contributed by atoms with Crippen molar-refractivity contribution in [1.29, 1.82) is 0 Å². The van der Waals surface area contributed by atoms with Gasteiger partial charge < -0.3 is 4.84 Å². The predicted molar refractivity (Wildman–Crippen MR) is 60.6 cm³/mol. The molecule has 1 aromatic rings. The molecule has 0 spiro atoms. The molecule has 0 saturated carbocycles. The van der Waals surface area contributed by atoms with E-state index in [1.54, 1.807) is 4.68 Å². The molecule has 1 rings (SSSR count). The van der Waals surface area contributed by atoms with Crippen molar-refractivity contribution in [3.05, 3.63) is 16.4 Å². The molecule has 0 aliphatic carbocycles. The zero-order valence-electron chi connectivity index (χ0n) is 9.67. The standard InChI is InChI=1S/C10H18ClN3O/c1-7(2)6-15-12-5-9-8(3)13-14(4)10(9)11/h7,12H,5-6H2,1-4H3. The molecule has 0 fully saturated rings.